The number of aromatic amines is 1. The first kappa shape index (κ1) is 20.8. The highest BCUT2D eigenvalue weighted by molar-refractivity contribution is 6.07. The van der Waals surface area contributed by atoms with Crippen molar-refractivity contribution in [2.75, 3.05) is 33.2 Å². The minimum atomic E-state index is -1.59. The van der Waals surface area contributed by atoms with Crippen molar-refractivity contribution in [1.29, 1.82) is 0 Å². The van der Waals surface area contributed by atoms with Crippen molar-refractivity contribution in [3.05, 3.63) is 39.7 Å². The van der Waals surface area contributed by atoms with Crippen molar-refractivity contribution in [2.45, 2.75) is 6.42 Å². The Morgan fingerprint density at radius 3 is 2.32 bits per heavy atom. The molecule has 0 aliphatic rings. The second kappa shape index (κ2) is 8.91. The molecule has 0 amide bonds. The van der Waals surface area contributed by atoms with Crippen molar-refractivity contribution in [2.24, 2.45) is 0 Å². The Kier molecular flexibility index (Phi) is 6.61. The highest BCUT2D eigenvalue weighted by Crippen LogP contribution is 2.36. The van der Waals surface area contributed by atoms with Gasteiger partial charge in [-0.25, -0.2) is 9.59 Å². The number of methoxy groups -OCH3 is 2. The van der Waals surface area contributed by atoms with Gasteiger partial charge in [-0.05, 0) is 17.7 Å². The zero-order chi connectivity index (χ0) is 20.8. The van der Waals surface area contributed by atoms with Gasteiger partial charge in [0.15, 0.2) is 11.5 Å². The number of nitrogens with one attached hydrogen (secondary N) is 1. The van der Waals surface area contributed by atoms with Crippen LogP contribution in [0, 0.1) is 0 Å². The van der Waals surface area contributed by atoms with Crippen LogP contribution in [0.2, 0.25) is 0 Å². The van der Waals surface area contributed by atoms with Crippen molar-refractivity contribution in [3.63, 3.8) is 0 Å². The molecule has 1 heterocycles. The fourth-order valence-corrected chi connectivity index (χ4v) is 2.67. The zero-order valence-corrected chi connectivity index (χ0v) is 15.3. The number of hydrogen-bond donors (Lipinski definition) is 4. The van der Waals surface area contributed by atoms with E-state index in [1.54, 1.807) is 7.11 Å². The number of aromatic carboxylic acids is 2. The van der Waals surface area contributed by atoms with E-state index in [9.17, 15) is 24.6 Å². The Balaban J connectivity index is 2.68. The summed E-state index contributed by atoms with van der Waals surface area (Å²) in [5, 5.41) is 19.0. The molecule has 0 fully saturated rings. The third-order valence-electron chi connectivity index (χ3n) is 3.87. The molecule has 0 saturated carbocycles. The molecule has 2 aromatic rings. The standard InChI is InChI=1S/C18H20N2O8/c1-26-6-3-7-28-11-8-9(4-5-10(11)27-2)12-13(17(22)23)15(19)20-16(21)14(12)18(24)25/h4-5,8H,3,6-7H2,1-2H3,(H,22,23)(H,24,25)(H3,19,20,21). The summed E-state index contributed by atoms with van der Waals surface area (Å²) in [6.45, 7) is 0.752. The molecule has 28 heavy (non-hydrogen) atoms. The van der Waals surface area contributed by atoms with Crippen LogP contribution in [0.1, 0.15) is 27.1 Å². The summed E-state index contributed by atoms with van der Waals surface area (Å²) in [4.78, 5) is 37.5. The number of carboxylic acids is 2. The van der Waals surface area contributed by atoms with E-state index in [0.717, 1.165) is 0 Å². The molecule has 2 rings (SSSR count). The lowest BCUT2D eigenvalue weighted by Gasteiger charge is -2.15. The molecule has 0 unspecified atom stereocenters. The van der Waals surface area contributed by atoms with Gasteiger partial charge in [0, 0.05) is 25.7 Å². The summed E-state index contributed by atoms with van der Waals surface area (Å²) in [5.41, 5.74) is 3.19. The molecule has 0 radical (unpaired) electrons. The van der Waals surface area contributed by atoms with Gasteiger partial charge in [0.05, 0.1) is 13.7 Å². The number of hydrogen-bond acceptors (Lipinski definition) is 7. The van der Waals surface area contributed by atoms with E-state index in [2.05, 4.69) is 4.98 Å². The Labute approximate surface area is 159 Å². The quantitative estimate of drug-likeness (QED) is 0.463. The van der Waals surface area contributed by atoms with Crippen LogP contribution in [0.15, 0.2) is 23.0 Å². The Morgan fingerprint density at radius 2 is 1.75 bits per heavy atom. The maximum atomic E-state index is 12.1. The molecule has 10 heteroatoms. The number of aromatic nitrogens is 1. The molecular weight excluding hydrogens is 372 g/mol. The average molecular weight is 392 g/mol. The van der Waals surface area contributed by atoms with E-state index >= 15 is 0 Å². The maximum Gasteiger partial charge on any atom is 0.342 e. The van der Waals surface area contributed by atoms with Gasteiger partial charge in [-0.2, -0.15) is 0 Å². The van der Waals surface area contributed by atoms with Gasteiger partial charge >= 0.3 is 11.9 Å². The molecule has 150 valence electrons. The fourth-order valence-electron chi connectivity index (χ4n) is 2.67. The normalized spacial score (nSPS) is 10.5. The SMILES string of the molecule is COCCCOc1cc(-c2c(C(=O)O)c(N)[nH]c(=O)c2C(=O)O)ccc1OC. The number of nitrogens with two attached hydrogens (primary N) is 1. The minimum Gasteiger partial charge on any atom is -0.493 e. The third kappa shape index (κ3) is 4.23. The Hall–Kier alpha value is -3.53. The molecule has 0 saturated heterocycles. The monoisotopic (exact) mass is 392 g/mol. The number of pyridine rings is 1. The zero-order valence-electron chi connectivity index (χ0n) is 15.3. The first-order chi connectivity index (χ1) is 13.3. The second-order valence-electron chi connectivity index (χ2n) is 5.66. The maximum absolute atomic E-state index is 12.1. The van der Waals surface area contributed by atoms with E-state index < -0.39 is 34.4 Å². The first-order valence-corrected chi connectivity index (χ1v) is 8.14. The van der Waals surface area contributed by atoms with Crippen LogP contribution in [0.5, 0.6) is 11.5 Å². The van der Waals surface area contributed by atoms with Gasteiger partial charge in [0.1, 0.15) is 16.9 Å². The average Bonchev–Trinajstić information content (AvgIpc) is 2.63. The molecule has 1 aromatic heterocycles. The number of ether oxygens (including phenoxy) is 3. The predicted octanol–water partition coefficient (Wildman–Crippen LogP) is 1.44. The minimum absolute atomic E-state index is 0.134. The van der Waals surface area contributed by atoms with Crippen LogP contribution in [-0.2, 0) is 4.74 Å². The van der Waals surface area contributed by atoms with Crippen LogP contribution in [0.25, 0.3) is 11.1 Å². The molecule has 0 spiro atoms. The van der Waals surface area contributed by atoms with E-state index in [-0.39, 0.29) is 23.5 Å². The highest BCUT2D eigenvalue weighted by atomic mass is 16.5. The van der Waals surface area contributed by atoms with E-state index in [0.29, 0.717) is 18.8 Å². The van der Waals surface area contributed by atoms with Crippen molar-refractivity contribution in [1.82, 2.24) is 4.98 Å². The van der Waals surface area contributed by atoms with E-state index in [1.165, 1.54) is 25.3 Å². The molecule has 0 atom stereocenters. The molecule has 0 bridgehead atoms. The lowest BCUT2D eigenvalue weighted by molar-refractivity contribution is 0.0695. The largest absolute Gasteiger partial charge is 0.493 e. The van der Waals surface area contributed by atoms with Gasteiger partial charge in [-0.3, -0.25) is 4.79 Å². The van der Waals surface area contributed by atoms with Crippen LogP contribution in [-0.4, -0.2) is 54.6 Å². The lowest BCUT2D eigenvalue weighted by atomic mass is 9.95. The fraction of sp³-hybridized carbons (Fsp3) is 0.278. The summed E-state index contributed by atoms with van der Waals surface area (Å²) in [6, 6.07) is 4.31. The summed E-state index contributed by atoms with van der Waals surface area (Å²) in [5.74, 6) is -2.91. The number of benzene rings is 1. The van der Waals surface area contributed by atoms with Crippen LogP contribution in [0.4, 0.5) is 5.82 Å². The highest BCUT2D eigenvalue weighted by Gasteiger charge is 2.27. The number of carbonyl (C=O) groups is 2. The van der Waals surface area contributed by atoms with Crippen LogP contribution < -0.4 is 20.8 Å². The molecular formula is C18H20N2O8. The Bertz CT molecular complexity index is 951. The summed E-state index contributed by atoms with van der Waals surface area (Å²) < 4.78 is 15.8. The number of nitrogen functional groups attached to an aromatic ring is 1. The van der Waals surface area contributed by atoms with E-state index in [1.807, 2.05) is 0 Å². The van der Waals surface area contributed by atoms with Gasteiger partial charge in [-0.15, -0.1) is 0 Å². The van der Waals surface area contributed by atoms with Gasteiger partial charge in [-0.1, -0.05) is 6.07 Å². The molecule has 5 N–H and O–H groups in total. The smallest absolute Gasteiger partial charge is 0.342 e. The lowest BCUT2D eigenvalue weighted by Crippen LogP contribution is -2.24. The molecule has 0 aliphatic carbocycles. The van der Waals surface area contributed by atoms with E-state index in [4.69, 9.17) is 19.9 Å². The summed E-state index contributed by atoms with van der Waals surface area (Å²) in [6.07, 6.45) is 0.586. The molecule has 1 aromatic carbocycles. The number of H-pyrrole nitrogens is 1. The summed E-state index contributed by atoms with van der Waals surface area (Å²) in [7, 11) is 2.98. The third-order valence-corrected chi connectivity index (χ3v) is 3.87. The molecule has 10 nitrogen and oxygen atoms in total. The van der Waals surface area contributed by atoms with Gasteiger partial charge in [0.2, 0.25) is 0 Å². The topological polar surface area (TPSA) is 161 Å². The van der Waals surface area contributed by atoms with Crippen molar-refractivity contribution < 1.29 is 34.0 Å². The summed E-state index contributed by atoms with van der Waals surface area (Å²) >= 11 is 0. The van der Waals surface area contributed by atoms with Crippen molar-refractivity contribution >= 4 is 17.8 Å². The number of carboxylic acid groups (broad SMARTS) is 2. The van der Waals surface area contributed by atoms with Crippen LogP contribution in [0.3, 0.4) is 0 Å². The number of rotatable bonds is 9. The van der Waals surface area contributed by atoms with Gasteiger partial charge < -0.3 is 35.1 Å². The first-order valence-electron chi connectivity index (χ1n) is 8.14. The Morgan fingerprint density at radius 1 is 1.07 bits per heavy atom. The van der Waals surface area contributed by atoms with Crippen molar-refractivity contribution in [3.8, 4) is 22.6 Å². The second-order valence-corrected chi connectivity index (χ2v) is 5.66. The molecule has 0 aliphatic heterocycles. The predicted molar refractivity (Wildman–Crippen MR) is 99.4 cm³/mol. The van der Waals surface area contributed by atoms with Crippen LogP contribution >= 0.6 is 0 Å². The van der Waals surface area contributed by atoms with Gasteiger partial charge in [0.25, 0.3) is 5.56 Å². The number of anilines is 1.